The third-order valence-corrected chi connectivity index (χ3v) is 10.9. The Kier molecular flexibility index (Phi) is 18.5. The lowest BCUT2D eigenvalue weighted by Crippen LogP contribution is -2.59. The maximum Gasteiger partial charge on any atom is 0.269 e. The molecule has 1 aliphatic rings. The molecule has 1 saturated heterocycles. The minimum atomic E-state index is -0.776. The zero-order valence-electron chi connectivity index (χ0n) is 34.0. The van der Waals surface area contributed by atoms with Crippen molar-refractivity contribution in [2.75, 3.05) is 41.9 Å². The molecule has 1 heterocycles. The van der Waals surface area contributed by atoms with Gasteiger partial charge >= 0.3 is 0 Å². The lowest BCUT2D eigenvalue weighted by Gasteiger charge is -2.41. The number of benzene rings is 1. The lowest BCUT2D eigenvalue weighted by molar-refractivity contribution is -0.384. The van der Waals surface area contributed by atoms with Crippen molar-refractivity contribution in [3.63, 3.8) is 0 Å². The average Bonchev–Trinajstić information content (AvgIpc) is 3.62. The number of amides is 4. The number of hydrogen-bond donors (Lipinski definition) is 2. The topological polar surface area (TPSA) is 187 Å². The van der Waals surface area contributed by atoms with Crippen molar-refractivity contribution in [1.29, 1.82) is 5.26 Å². The van der Waals surface area contributed by atoms with Gasteiger partial charge in [0.05, 0.1) is 60.1 Å². The maximum absolute atomic E-state index is 14.2. The molecule has 0 radical (unpaired) electrons. The van der Waals surface area contributed by atoms with Crippen molar-refractivity contribution in [3.8, 4) is 6.07 Å². The summed E-state index contributed by atoms with van der Waals surface area (Å²) >= 11 is 0. The molecule has 0 saturated carbocycles. The fourth-order valence-corrected chi connectivity index (χ4v) is 7.25. The number of likely N-dealkylation sites (tertiary alicyclic amines) is 1. The molecule has 1 aromatic carbocycles. The van der Waals surface area contributed by atoms with Gasteiger partial charge in [-0.05, 0) is 57.7 Å². The standard InChI is InChI=1S/C39H63N7O8/c1-12-25(4)35(44(9)39(50)34(24(2)3)42-38(49)27(6)43(7)8)32(53-10)23-33(47)45-20-14-17-31(45)36(54-11)26(5)37(48)41-29(18-19-40)21-28-15-13-16-30(22-28)46(51)52/h13,15-16,22,24-27,29,31-32,34-36H,12,14,17-18,20-21,23H2,1-11H3,(H,41,48)(H,42,49)/t25-,26+,27-,29+,31-,32+,34-,35-,36+/m0/s1. The highest BCUT2D eigenvalue weighted by Crippen LogP contribution is 2.30. The van der Waals surface area contributed by atoms with Gasteiger partial charge in [-0.1, -0.05) is 53.2 Å². The Labute approximate surface area is 321 Å². The van der Waals surface area contributed by atoms with E-state index in [0.29, 0.717) is 31.4 Å². The lowest BCUT2D eigenvalue weighted by atomic mass is 9.89. The highest BCUT2D eigenvalue weighted by Gasteiger charge is 2.43. The predicted octanol–water partition coefficient (Wildman–Crippen LogP) is 3.55. The summed E-state index contributed by atoms with van der Waals surface area (Å²) in [6.07, 6.45) is 0.932. The number of hydrogen-bond acceptors (Lipinski definition) is 10. The van der Waals surface area contributed by atoms with E-state index >= 15 is 0 Å². The summed E-state index contributed by atoms with van der Waals surface area (Å²) in [5.74, 6) is -1.99. The molecule has 1 aromatic rings. The van der Waals surface area contributed by atoms with Crippen LogP contribution in [0.1, 0.15) is 79.2 Å². The summed E-state index contributed by atoms with van der Waals surface area (Å²) < 4.78 is 11.9. The van der Waals surface area contributed by atoms with Crippen LogP contribution in [-0.2, 0) is 35.1 Å². The summed E-state index contributed by atoms with van der Waals surface area (Å²) in [6.45, 7) is 11.8. The molecule has 15 nitrogen and oxygen atoms in total. The first-order valence-corrected chi connectivity index (χ1v) is 18.9. The Morgan fingerprint density at radius 1 is 1.06 bits per heavy atom. The second-order valence-electron chi connectivity index (χ2n) is 15.2. The minimum absolute atomic E-state index is 0.000956. The predicted molar refractivity (Wildman–Crippen MR) is 205 cm³/mol. The Morgan fingerprint density at radius 3 is 2.26 bits per heavy atom. The Morgan fingerprint density at radius 2 is 1.72 bits per heavy atom. The first-order chi connectivity index (χ1) is 25.4. The number of carbonyl (C=O) groups excluding carboxylic acids is 4. The summed E-state index contributed by atoms with van der Waals surface area (Å²) in [7, 11) is 8.34. The van der Waals surface area contributed by atoms with Gasteiger partial charge in [-0.25, -0.2) is 0 Å². The molecule has 0 aliphatic carbocycles. The molecule has 0 unspecified atom stereocenters. The van der Waals surface area contributed by atoms with Gasteiger partial charge in [0.15, 0.2) is 0 Å². The van der Waals surface area contributed by atoms with E-state index in [2.05, 4.69) is 16.7 Å². The number of ether oxygens (including phenoxy) is 2. The monoisotopic (exact) mass is 757 g/mol. The second-order valence-corrected chi connectivity index (χ2v) is 15.2. The number of nitro benzene ring substituents is 1. The number of nitriles is 1. The minimum Gasteiger partial charge on any atom is -0.379 e. The van der Waals surface area contributed by atoms with Gasteiger partial charge in [0.2, 0.25) is 23.6 Å². The van der Waals surface area contributed by atoms with Crippen molar-refractivity contribution in [2.24, 2.45) is 17.8 Å². The van der Waals surface area contributed by atoms with Crippen molar-refractivity contribution in [2.45, 2.75) is 122 Å². The molecule has 2 rings (SSSR count). The highest BCUT2D eigenvalue weighted by atomic mass is 16.6. The molecule has 2 N–H and O–H groups in total. The third kappa shape index (κ3) is 12.2. The molecule has 302 valence electrons. The van der Waals surface area contributed by atoms with Gasteiger partial charge in [0.25, 0.3) is 5.69 Å². The van der Waals surface area contributed by atoms with Gasteiger partial charge in [0.1, 0.15) is 6.04 Å². The smallest absolute Gasteiger partial charge is 0.269 e. The molecule has 1 fully saturated rings. The second kappa shape index (κ2) is 21.7. The number of likely N-dealkylation sites (N-methyl/N-ethyl adjacent to an activating group) is 2. The molecule has 0 bridgehead atoms. The molecule has 4 amide bonds. The molecular weight excluding hydrogens is 694 g/mol. The largest absolute Gasteiger partial charge is 0.379 e. The number of nitro groups is 1. The van der Waals surface area contributed by atoms with E-state index in [9.17, 15) is 34.6 Å². The van der Waals surface area contributed by atoms with Crippen LogP contribution in [0.4, 0.5) is 5.69 Å². The summed E-state index contributed by atoms with van der Waals surface area (Å²) in [5.41, 5.74) is 0.545. The molecule has 15 heteroatoms. The molecule has 9 atom stereocenters. The van der Waals surface area contributed by atoms with Crippen LogP contribution in [0, 0.1) is 39.2 Å². The van der Waals surface area contributed by atoms with Crippen LogP contribution >= 0.6 is 0 Å². The van der Waals surface area contributed by atoms with Crippen LogP contribution in [0.5, 0.6) is 0 Å². The normalized spacial score (nSPS) is 18.8. The van der Waals surface area contributed by atoms with E-state index in [4.69, 9.17) is 9.47 Å². The number of nitrogens with one attached hydrogen (secondary N) is 2. The maximum atomic E-state index is 14.2. The number of carbonyl (C=O) groups is 4. The fourth-order valence-electron chi connectivity index (χ4n) is 7.25. The van der Waals surface area contributed by atoms with Crippen LogP contribution < -0.4 is 10.6 Å². The third-order valence-electron chi connectivity index (χ3n) is 10.9. The Balaban J connectivity index is 2.26. The Bertz CT molecular complexity index is 1470. The summed E-state index contributed by atoms with van der Waals surface area (Å²) in [4.78, 5) is 70.8. The van der Waals surface area contributed by atoms with Gasteiger partial charge in [-0.2, -0.15) is 5.26 Å². The van der Waals surface area contributed by atoms with Crippen LogP contribution in [0.3, 0.4) is 0 Å². The van der Waals surface area contributed by atoms with Gasteiger partial charge in [-0.3, -0.25) is 34.2 Å². The number of rotatable bonds is 21. The van der Waals surface area contributed by atoms with Crippen LogP contribution in [0.25, 0.3) is 0 Å². The first kappa shape index (κ1) is 46.0. The molecule has 0 aromatic heterocycles. The van der Waals surface area contributed by atoms with E-state index < -0.39 is 53.3 Å². The van der Waals surface area contributed by atoms with E-state index in [1.54, 1.807) is 61.8 Å². The fraction of sp³-hybridized carbons (Fsp3) is 0.718. The van der Waals surface area contributed by atoms with Gasteiger partial charge < -0.3 is 29.9 Å². The van der Waals surface area contributed by atoms with Gasteiger partial charge in [0, 0.05) is 46.0 Å². The Hall–Kier alpha value is -4.13. The quantitative estimate of drug-likeness (QED) is 0.139. The first-order valence-electron chi connectivity index (χ1n) is 18.9. The van der Waals surface area contributed by atoms with Crippen molar-refractivity contribution in [1.82, 2.24) is 25.3 Å². The summed E-state index contributed by atoms with van der Waals surface area (Å²) in [5, 5.41) is 26.6. The number of non-ortho nitro benzene ring substituents is 1. The molecular formula is C39H63N7O8. The number of nitrogens with zero attached hydrogens (tertiary/aromatic N) is 5. The average molecular weight is 758 g/mol. The van der Waals surface area contributed by atoms with E-state index in [1.165, 1.54) is 26.4 Å². The molecule has 1 aliphatic heterocycles. The van der Waals surface area contributed by atoms with Gasteiger partial charge in [-0.15, -0.1) is 0 Å². The number of methoxy groups -OCH3 is 2. The van der Waals surface area contributed by atoms with Crippen molar-refractivity contribution >= 4 is 29.3 Å². The van der Waals surface area contributed by atoms with E-state index in [-0.39, 0.29) is 60.4 Å². The zero-order valence-corrected chi connectivity index (χ0v) is 34.0. The van der Waals surface area contributed by atoms with E-state index in [0.717, 1.165) is 0 Å². The molecule has 54 heavy (non-hydrogen) atoms. The van der Waals surface area contributed by atoms with Crippen LogP contribution in [0.15, 0.2) is 24.3 Å². The molecule has 0 spiro atoms. The van der Waals surface area contributed by atoms with Crippen LogP contribution in [0.2, 0.25) is 0 Å². The SMILES string of the molecule is CC[C@H](C)[C@@H]([C@@H](CC(=O)N1CCC[C@H]1[C@H](OC)[C@@H](C)C(=O)N[C@H](CC#N)Cc1cccc([N+](=O)[O-])c1)OC)N(C)C(=O)[C@@H](NC(=O)[C@H](C)N(C)C)C(C)C. The zero-order chi connectivity index (χ0) is 40.9. The van der Waals surface area contributed by atoms with E-state index in [1.807, 2.05) is 27.7 Å². The highest BCUT2D eigenvalue weighted by molar-refractivity contribution is 5.90. The van der Waals surface area contributed by atoms with Crippen molar-refractivity contribution < 1.29 is 33.6 Å². The van der Waals surface area contributed by atoms with Crippen LogP contribution in [-0.4, -0.2) is 128 Å². The van der Waals surface area contributed by atoms with Crippen molar-refractivity contribution in [3.05, 3.63) is 39.9 Å². The summed E-state index contributed by atoms with van der Waals surface area (Å²) in [6, 6.07) is 5.50.